The topological polar surface area (TPSA) is 50.7 Å². The molecule has 2 aromatic rings. The highest BCUT2D eigenvalue weighted by molar-refractivity contribution is 5.97. The molecule has 1 N–H and O–H groups in total. The van der Waals surface area contributed by atoms with Gasteiger partial charge in [-0.15, -0.1) is 0 Å². The molecule has 0 saturated carbocycles. The third kappa shape index (κ3) is 9.36. The lowest BCUT2D eigenvalue weighted by atomic mass is 10.1. The fraction of sp³-hybridized carbons (Fsp3) is 0.417. The van der Waals surface area contributed by atoms with Crippen molar-refractivity contribution in [1.29, 1.82) is 0 Å². The third-order valence-electron chi connectivity index (χ3n) is 4.50. The van der Waals surface area contributed by atoms with Crippen LogP contribution < -0.4 is 10.1 Å². The molecule has 0 radical (unpaired) electrons. The van der Waals surface area contributed by atoms with E-state index in [9.17, 15) is 4.79 Å². The Labute approximate surface area is 169 Å². The average Bonchev–Trinajstić information content (AvgIpc) is 2.73. The van der Waals surface area contributed by atoms with Gasteiger partial charge in [-0.25, -0.2) is 9.79 Å². The number of hydrogen-bond acceptors (Lipinski definition) is 2. The number of ether oxygens (including phenoxy) is 1. The number of hydrogen-bond donors (Lipinski definition) is 1. The van der Waals surface area contributed by atoms with E-state index in [1.807, 2.05) is 54.6 Å². The lowest BCUT2D eigenvalue weighted by molar-refractivity contribution is 0.259. The monoisotopic (exact) mass is 380 g/mol. The standard InChI is InChI=1S/C24H32N2O2/c1-2-3-4-5-6-7-8-12-19-28-23-17-15-22(16-18-23)26-24(27)25-20-21-13-10-9-11-14-21/h9-11,13-18,20H,2-8,12,19H2,1H3,(H,26,27)/b25-20+. The van der Waals surface area contributed by atoms with Crippen LogP contribution in [0.15, 0.2) is 59.6 Å². The van der Waals surface area contributed by atoms with Gasteiger partial charge in [-0.2, -0.15) is 0 Å². The molecule has 0 bridgehead atoms. The van der Waals surface area contributed by atoms with Gasteiger partial charge in [0.1, 0.15) is 5.75 Å². The summed E-state index contributed by atoms with van der Waals surface area (Å²) in [6.07, 6.45) is 11.9. The highest BCUT2D eigenvalue weighted by atomic mass is 16.5. The summed E-state index contributed by atoms with van der Waals surface area (Å²) in [5.74, 6) is 0.828. The molecule has 0 aliphatic carbocycles. The molecule has 28 heavy (non-hydrogen) atoms. The molecule has 0 heterocycles. The molecule has 0 spiro atoms. The molecule has 2 rings (SSSR count). The van der Waals surface area contributed by atoms with E-state index in [2.05, 4.69) is 17.2 Å². The summed E-state index contributed by atoms with van der Waals surface area (Å²) in [4.78, 5) is 15.8. The van der Waals surface area contributed by atoms with Crippen molar-refractivity contribution in [2.45, 2.75) is 58.3 Å². The van der Waals surface area contributed by atoms with Gasteiger partial charge >= 0.3 is 6.03 Å². The van der Waals surface area contributed by atoms with E-state index in [0.717, 1.165) is 24.3 Å². The summed E-state index contributed by atoms with van der Waals surface area (Å²) in [6, 6.07) is 16.6. The van der Waals surface area contributed by atoms with Crippen molar-refractivity contribution in [2.24, 2.45) is 4.99 Å². The zero-order chi connectivity index (χ0) is 19.9. The Bertz CT molecular complexity index is 696. The van der Waals surface area contributed by atoms with E-state index in [-0.39, 0.29) is 0 Å². The van der Waals surface area contributed by atoms with Crippen LogP contribution in [0.2, 0.25) is 0 Å². The van der Waals surface area contributed by atoms with Crippen LogP contribution in [0.3, 0.4) is 0 Å². The molecule has 0 saturated heterocycles. The normalized spacial score (nSPS) is 10.9. The van der Waals surface area contributed by atoms with Gasteiger partial charge in [0.15, 0.2) is 0 Å². The molecule has 0 aliphatic rings. The van der Waals surface area contributed by atoms with E-state index in [1.165, 1.54) is 44.9 Å². The summed E-state index contributed by atoms with van der Waals surface area (Å²) in [5.41, 5.74) is 1.59. The highest BCUT2D eigenvalue weighted by Crippen LogP contribution is 2.16. The molecule has 0 atom stereocenters. The van der Waals surface area contributed by atoms with Gasteiger partial charge in [-0.1, -0.05) is 82.2 Å². The lowest BCUT2D eigenvalue weighted by Crippen LogP contribution is -2.06. The van der Waals surface area contributed by atoms with Gasteiger partial charge in [0.25, 0.3) is 0 Å². The summed E-state index contributed by atoms with van der Waals surface area (Å²) >= 11 is 0. The zero-order valence-electron chi connectivity index (χ0n) is 16.9. The Morgan fingerprint density at radius 1 is 0.893 bits per heavy atom. The number of carbonyl (C=O) groups is 1. The minimum atomic E-state index is -0.392. The minimum absolute atomic E-state index is 0.392. The third-order valence-corrected chi connectivity index (χ3v) is 4.50. The lowest BCUT2D eigenvalue weighted by Gasteiger charge is -2.07. The van der Waals surface area contributed by atoms with Gasteiger partial charge in [-0.05, 0) is 36.2 Å². The summed E-state index contributed by atoms with van der Waals surface area (Å²) in [5, 5.41) is 2.75. The number of amides is 2. The van der Waals surface area contributed by atoms with Crippen LogP contribution in [0.25, 0.3) is 0 Å². The largest absolute Gasteiger partial charge is 0.494 e. The first-order chi connectivity index (χ1) is 13.8. The number of aliphatic imine (C=N–C) groups is 1. The number of nitrogens with one attached hydrogen (secondary N) is 1. The number of carbonyl (C=O) groups excluding carboxylic acids is 1. The molecule has 4 nitrogen and oxygen atoms in total. The van der Waals surface area contributed by atoms with Crippen LogP contribution in [0.4, 0.5) is 10.5 Å². The fourth-order valence-corrected chi connectivity index (χ4v) is 2.89. The molecule has 0 unspecified atom stereocenters. The Morgan fingerprint density at radius 3 is 2.21 bits per heavy atom. The van der Waals surface area contributed by atoms with Crippen molar-refractivity contribution in [3.8, 4) is 5.75 Å². The Hall–Kier alpha value is -2.62. The second-order valence-corrected chi connectivity index (χ2v) is 6.95. The van der Waals surface area contributed by atoms with Crippen molar-refractivity contribution in [3.05, 3.63) is 60.2 Å². The summed E-state index contributed by atoms with van der Waals surface area (Å²) in [6.45, 7) is 2.99. The van der Waals surface area contributed by atoms with Crippen LogP contribution >= 0.6 is 0 Å². The molecule has 0 aromatic heterocycles. The van der Waals surface area contributed by atoms with Crippen LogP contribution in [0, 0.1) is 0 Å². The predicted molar refractivity (Wildman–Crippen MR) is 118 cm³/mol. The van der Waals surface area contributed by atoms with Crippen molar-refractivity contribution >= 4 is 17.9 Å². The second-order valence-electron chi connectivity index (χ2n) is 6.95. The number of benzene rings is 2. The maximum Gasteiger partial charge on any atom is 0.345 e. The Balaban J connectivity index is 1.61. The van der Waals surface area contributed by atoms with Gasteiger partial charge < -0.3 is 10.1 Å². The van der Waals surface area contributed by atoms with Gasteiger partial charge in [-0.3, -0.25) is 0 Å². The number of unbranched alkanes of at least 4 members (excludes halogenated alkanes) is 7. The molecule has 2 aromatic carbocycles. The maximum absolute atomic E-state index is 11.9. The van der Waals surface area contributed by atoms with Crippen molar-refractivity contribution < 1.29 is 9.53 Å². The molecule has 0 aliphatic heterocycles. The second kappa shape index (κ2) is 13.5. The average molecular weight is 381 g/mol. The SMILES string of the molecule is CCCCCCCCCCOc1ccc(NC(=O)/N=C/c2ccccc2)cc1. The number of urea groups is 1. The first kappa shape index (κ1) is 21.7. The summed E-state index contributed by atoms with van der Waals surface area (Å²) in [7, 11) is 0. The molecule has 4 heteroatoms. The summed E-state index contributed by atoms with van der Waals surface area (Å²) < 4.78 is 5.77. The van der Waals surface area contributed by atoms with Crippen molar-refractivity contribution in [1.82, 2.24) is 0 Å². The van der Waals surface area contributed by atoms with E-state index >= 15 is 0 Å². The maximum atomic E-state index is 11.9. The van der Waals surface area contributed by atoms with Gasteiger partial charge in [0, 0.05) is 11.9 Å². The molecular formula is C24H32N2O2. The van der Waals surface area contributed by atoms with Crippen LogP contribution in [-0.4, -0.2) is 18.9 Å². The van der Waals surface area contributed by atoms with E-state index in [0.29, 0.717) is 5.69 Å². The van der Waals surface area contributed by atoms with E-state index < -0.39 is 6.03 Å². The molecule has 0 fully saturated rings. The van der Waals surface area contributed by atoms with Crippen molar-refractivity contribution in [2.75, 3.05) is 11.9 Å². The van der Waals surface area contributed by atoms with Crippen LogP contribution in [-0.2, 0) is 0 Å². The molecule has 2 amide bonds. The van der Waals surface area contributed by atoms with E-state index in [1.54, 1.807) is 6.21 Å². The molecule has 150 valence electrons. The fourth-order valence-electron chi connectivity index (χ4n) is 2.89. The smallest absolute Gasteiger partial charge is 0.345 e. The Morgan fingerprint density at radius 2 is 1.54 bits per heavy atom. The Kier molecular flexibility index (Phi) is 10.5. The first-order valence-electron chi connectivity index (χ1n) is 10.4. The highest BCUT2D eigenvalue weighted by Gasteiger charge is 2.00. The minimum Gasteiger partial charge on any atom is -0.494 e. The van der Waals surface area contributed by atoms with Crippen molar-refractivity contribution in [3.63, 3.8) is 0 Å². The van der Waals surface area contributed by atoms with Gasteiger partial charge in [0.2, 0.25) is 0 Å². The van der Waals surface area contributed by atoms with Crippen LogP contribution in [0.1, 0.15) is 63.9 Å². The van der Waals surface area contributed by atoms with Gasteiger partial charge in [0.05, 0.1) is 6.61 Å². The van der Waals surface area contributed by atoms with E-state index in [4.69, 9.17) is 4.74 Å². The van der Waals surface area contributed by atoms with Crippen LogP contribution in [0.5, 0.6) is 5.75 Å². The quantitative estimate of drug-likeness (QED) is 0.323. The number of rotatable bonds is 12. The predicted octanol–water partition coefficient (Wildman–Crippen LogP) is 6.86. The molecular weight excluding hydrogens is 348 g/mol. The first-order valence-corrected chi connectivity index (χ1v) is 10.4. The zero-order valence-corrected chi connectivity index (χ0v) is 16.9. The number of nitrogens with zero attached hydrogens (tertiary/aromatic N) is 1. The number of anilines is 1.